The Morgan fingerprint density at radius 1 is 1.35 bits per heavy atom. The van der Waals surface area contributed by atoms with E-state index in [1.807, 2.05) is 0 Å². The molecule has 0 aromatic carbocycles. The third-order valence-electron chi connectivity index (χ3n) is 4.73. The summed E-state index contributed by atoms with van der Waals surface area (Å²) in [7, 11) is 0. The number of nitrogens with one attached hydrogen (secondary N) is 1. The second kappa shape index (κ2) is 5.05. The molecule has 0 bridgehead atoms. The largest absolute Gasteiger partial charge is 0.338 e. The zero-order valence-electron chi connectivity index (χ0n) is 11.8. The minimum Gasteiger partial charge on any atom is -0.338 e. The molecule has 5 nitrogen and oxygen atoms in total. The summed E-state index contributed by atoms with van der Waals surface area (Å²) in [6.45, 7) is 3.24. The van der Waals surface area contributed by atoms with Gasteiger partial charge in [-0.25, -0.2) is 0 Å². The molecule has 3 unspecified atom stereocenters. The lowest BCUT2D eigenvalue weighted by Gasteiger charge is -2.29. The topological polar surface area (TPSA) is 79.2 Å². The van der Waals surface area contributed by atoms with E-state index in [4.69, 9.17) is 5.73 Å². The van der Waals surface area contributed by atoms with Crippen LogP contribution in [0, 0.1) is 18.8 Å². The fourth-order valence-electron chi connectivity index (χ4n) is 3.59. The van der Waals surface area contributed by atoms with Crippen LogP contribution < -0.4 is 11.3 Å². The van der Waals surface area contributed by atoms with Crippen LogP contribution in [0.15, 0.2) is 16.9 Å². The van der Waals surface area contributed by atoms with Crippen LogP contribution >= 0.6 is 0 Å². The average Bonchev–Trinajstić information content (AvgIpc) is 2.83. The Balaban J connectivity index is 1.80. The molecule has 1 saturated carbocycles. The maximum atomic E-state index is 12.5. The number of nitrogens with zero attached hydrogens (tertiary/aromatic N) is 1. The van der Waals surface area contributed by atoms with E-state index in [0.717, 1.165) is 31.5 Å². The van der Waals surface area contributed by atoms with Crippen molar-refractivity contribution in [2.75, 3.05) is 13.1 Å². The summed E-state index contributed by atoms with van der Waals surface area (Å²) in [6.07, 6.45) is 3.34. The first-order chi connectivity index (χ1) is 9.56. The fraction of sp³-hybridized carbons (Fsp3) is 0.600. The van der Waals surface area contributed by atoms with Gasteiger partial charge in [0.25, 0.3) is 11.5 Å². The van der Waals surface area contributed by atoms with Gasteiger partial charge >= 0.3 is 0 Å². The van der Waals surface area contributed by atoms with Crippen molar-refractivity contribution in [1.82, 2.24) is 9.88 Å². The fourth-order valence-corrected chi connectivity index (χ4v) is 3.59. The number of nitrogens with two attached hydrogens (primary N) is 1. The monoisotopic (exact) mass is 275 g/mol. The molecule has 1 aromatic rings. The Labute approximate surface area is 118 Å². The molecular formula is C15H21N3O2. The van der Waals surface area contributed by atoms with E-state index in [-0.39, 0.29) is 23.1 Å². The van der Waals surface area contributed by atoms with Crippen LogP contribution in [0.5, 0.6) is 0 Å². The molecule has 108 valence electrons. The van der Waals surface area contributed by atoms with Crippen molar-refractivity contribution in [1.29, 1.82) is 0 Å². The highest BCUT2D eigenvalue weighted by Crippen LogP contribution is 2.35. The van der Waals surface area contributed by atoms with Gasteiger partial charge in [-0.1, -0.05) is 6.42 Å². The van der Waals surface area contributed by atoms with Gasteiger partial charge < -0.3 is 15.6 Å². The molecule has 0 spiro atoms. The van der Waals surface area contributed by atoms with E-state index in [9.17, 15) is 9.59 Å². The molecule has 5 heteroatoms. The molecule has 1 saturated heterocycles. The average molecular weight is 275 g/mol. The van der Waals surface area contributed by atoms with Gasteiger partial charge in [-0.15, -0.1) is 0 Å². The van der Waals surface area contributed by atoms with E-state index >= 15 is 0 Å². The van der Waals surface area contributed by atoms with E-state index in [1.165, 1.54) is 0 Å². The molecule has 0 radical (unpaired) electrons. The Bertz CT molecular complexity index is 581. The molecule has 1 amide bonds. The molecule has 1 aliphatic carbocycles. The minimum atomic E-state index is -0.297. The van der Waals surface area contributed by atoms with E-state index < -0.39 is 0 Å². The number of aryl methyl sites for hydroxylation is 1. The lowest BCUT2D eigenvalue weighted by molar-refractivity contribution is 0.0781. The van der Waals surface area contributed by atoms with Crippen LogP contribution in [0.4, 0.5) is 0 Å². The Hall–Kier alpha value is -1.62. The predicted octanol–water partition coefficient (Wildman–Crippen LogP) is 0.883. The number of hydrogen-bond donors (Lipinski definition) is 2. The van der Waals surface area contributed by atoms with Gasteiger partial charge in [0.05, 0.1) is 0 Å². The third-order valence-corrected chi connectivity index (χ3v) is 4.73. The number of aromatic amines is 1. The van der Waals surface area contributed by atoms with Crippen molar-refractivity contribution in [3.63, 3.8) is 0 Å². The number of carbonyl (C=O) groups excluding carboxylic acids is 1. The summed E-state index contributed by atoms with van der Waals surface area (Å²) in [5.74, 6) is 0.748. The number of hydrogen-bond acceptors (Lipinski definition) is 3. The van der Waals surface area contributed by atoms with Crippen LogP contribution in [-0.4, -0.2) is 34.9 Å². The second-order valence-corrected chi connectivity index (χ2v) is 6.11. The van der Waals surface area contributed by atoms with E-state index in [0.29, 0.717) is 18.4 Å². The molecule has 3 N–H and O–H groups in total. The molecule has 1 aromatic heterocycles. The van der Waals surface area contributed by atoms with Crippen LogP contribution in [0.2, 0.25) is 0 Å². The van der Waals surface area contributed by atoms with Crippen LogP contribution in [-0.2, 0) is 0 Å². The normalized spacial score (nSPS) is 29.3. The van der Waals surface area contributed by atoms with Crippen LogP contribution in [0.25, 0.3) is 0 Å². The quantitative estimate of drug-likeness (QED) is 0.798. The van der Waals surface area contributed by atoms with Gasteiger partial charge in [-0.2, -0.15) is 0 Å². The number of H-pyrrole nitrogens is 1. The molecule has 3 atom stereocenters. The Kier molecular flexibility index (Phi) is 3.38. The first-order valence-electron chi connectivity index (χ1n) is 7.31. The molecule has 2 fully saturated rings. The van der Waals surface area contributed by atoms with Crippen molar-refractivity contribution in [2.45, 2.75) is 32.2 Å². The maximum Gasteiger partial charge on any atom is 0.260 e. The van der Waals surface area contributed by atoms with Crippen LogP contribution in [0.3, 0.4) is 0 Å². The first-order valence-corrected chi connectivity index (χ1v) is 7.31. The van der Waals surface area contributed by atoms with Gasteiger partial charge in [-0.05, 0) is 43.7 Å². The van der Waals surface area contributed by atoms with Crippen LogP contribution in [0.1, 0.15) is 35.3 Å². The van der Waals surface area contributed by atoms with E-state index in [1.54, 1.807) is 24.0 Å². The highest BCUT2D eigenvalue weighted by molar-refractivity contribution is 5.94. The Morgan fingerprint density at radius 3 is 2.85 bits per heavy atom. The van der Waals surface area contributed by atoms with Gasteiger partial charge in [-0.3, -0.25) is 9.59 Å². The van der Waals surface area contributed by atoms with E-state index in [2.05, 4.69) is 4.98 Å². The zero-order valence-corrected chi connectivity index (χ0v) is 11.8. The summed E-state index contributed by atoms with van der Waals surface area (Å²) in [5.41, 5.74) is 6.87. The predicted molar refractivity (Wildman–Crippen MR) is 76.5 cm³/mol. The molecule has 3 rings (SSSR count). The molecular weight excluding hydrogens is 254 g/mol. The van der Waals surface area contributed by atoms with Crippen molar-refractivity contribution in [2.24, 2.45) is 17.6 Å². The first kappa shape index (κ1) is 13.4. The van der Waals surface area contributed by atoms with Crippen molar-refractivity contribution in [3.05, 3.63) is 33.7 Å². The number of carbonyl (C=O) groups is 1. The van der Waals surface area contributed by atoms with Gasteiger partial charge in [0, 0.05) is 24.8 Å². The Morgan fingerprint density at radius 2 is 2.15 bits per heavy atom. The highest BCUT2D eigenvalue weighted by atomic mass is 16.2. The summed E-state index contributed by atoms with van der Waals surface area (Å²) in [5, 5.41) is 0. The SMILES string of the molecule is Cc1ccc(C(=O)N2CC3CCCC(N)C3C2)c(=O)[nH]1. The number of amides is 1. The molecule has 1 aliphatic heterocycles. The maximum absolute atomic E-state index is 12.5. The van der Waals surface area contributed by atoms with Gasteiger partial charge in [0.2, 0.25) is 0 Å². The third kappa shape index (κ3) is 2.26. The summed E-state index contributed by atoms with van der Waals surface area (Å²) in [4.78, 5) is 28.9. The number of aromatic nitrogens is 1. The standard InChI is InChI=1S/C15H21N3O2/c1-9-5-6-11(14(19)17-9)15(20)18-7-10-3-2-4-13(16)12(10)8-18/h5-6,10,12-13H,2-4,7-8,16H2,1H3,(H,17,19). The second-order valence-electron chi connectivity index (χ2n) is 6.11. The number of rotatable bonds is 1. The van der Waals surface area contributed by atoms with Gasteiger partial charge in [0.1, 0.15) is 5.56 Å². The lowest BCUT2D eigenvalue weighted by Crippen LogP contribution is -2.39. The molecule has 2 aliphatic rings. The van der Waals surface area contributed by atoms with Crippen molar-refractivity contribution >= 4 is 5.91 Å². The summed E-state index contributed by atoms with van der Waals surface area (Å²) >= 11 is 0. The number of likely N-dealkylation sites (tertiary alicyclic amines) is 1. The number of fused-ring (bicyclic) bond motifs is 1. The van der Waals surface area contributed by atoms with Gasteiger partial charge in [0.15, 0.2) is 0 Å². The van der Waals surface area contributed by atoms with Crippen molar-refractivity contribution in [3.8, 4) is 0 Å². The molecule has 20 heavy (non-hydrogen) atoms. The lowest BCUT2D eigenvalue weighted by atomic mass is 9.78. The zero-order chi connectivity index (χ0) is 14.3. The van der Waals surface area contributed by atoms with Crippen molar-refractivity contribution < 1.29 is 4.79 Å². The smallest absolute Gasteiger partial charge is 0.260 e. The summed E-state index contributed by atoms with van der Waals surface area (Å²) < 4.78 is 0. The summed E-state index contributed by atoms with van der Waals surface area (Å²) in [6, 6.07) is 3.59. The number of pyridine rings is 1. The molecule has 2 heterocycles. The highest BCUT2D eigenvalue weighted by Gasteiger charge is 2.40. The minimum absolute atomic E-state index is 0.159.